The van der Waals surface area contributed by atoms with Gasteiger partial charge in [0.1, 0.15) is 5.75 Å². The van der Waals surface area contributed by atoms with Crippen molar-refractivity contribution in [3.8, 4) is 5.75 Å². The number of rotatable bonds is 2. The van der Waals surface area contributed by atoms with Gasteiger partial charge in [0.15, 0.2) is 0 Å². The largest absolute Gasteiger partial charge is 0.508 e. The molecule has 0 bridgehead atoms. The zero-order chi connectivity index (χ0) is 14.8. The third kappa shape index (κ3) is 3.28. The number of amides is 1. The third-order valence-electron chi connectivity index (χ3n) is 2.58. The topological polar surface area (TPSA) is 49.3 Å². The summed E-state index contributed by atoms with van der Waals surface area (Å²) in [5.41, 5.74) is -0.589. The van der Waals surface area contributed by atoms with Crippen molar-refractivity contribution in [1.82, 2.24) is 0 Å². The van der Waals surface area contributed by atoms with Crippen LogP contribution in [0.2, 0.25) is 0 Å². The highest BCUT2D eigenvalue weighted by Crippen LogP contribution is 2.29. The smallest absolute Gasteiger partial charge is 0.416 e. The van der Waals surface area contributed by atoms with Gasteiger partial charge in [0.2, 0.25) is 0 Å². The first-order valence-corrected chi connectivity index (χ1v) is 5.64. The average Bonchev–Trinajstić information content (AvgIpc) is 2.40. The summed E-state index contributed by atoms with van der Waals surface area (Å²) in [6.07, 6.45) is -4.49. The van der Waals surface area contributed by atoms with E-state index in [4.69, 9.17) is 5.11 Å². The first-order chi connectivity index (χ1) is 9.36. The van der Waals surface area contributed by atoms with Gasteiger partial charge in [-0.15, -0.1) is 0 Å². The predicted octanol–water partition coefficient (Wildman–Crippen LogP) is 3.66. The minimum Gasteiger partial charge on any atom is -0.508 e. The van der Waals surface area contributed by atoms with Crippen LogP contribution in [-0.4, -0.2) is 11.0 Å². The summed E-state index contributed by atoms with van der Waals surface area (Å²) in [6.45, 7) is 0. The van der Waals surface area contributed by atoms with Gasteiger partial charge in [-0.25, -0.2) is 0 Å². The van der Waals surface area contributed by atoms with Crippen molar-refractivity contribution >= 4 is 11.6 Å². The number of anilines is 1. The van der Waals surface area contributed by atoms with E-state index in [0.717, 1.165) is 12.1 Å². The Hall–Kier alpha value is -2.50. The van der Waals surface area contributed by atoms with Crippen molar-refractivity contribution in [2.45, 2.75) is 6.18 Å². The Morgan fingerprint density at radius 1 is 1.05 bits per heavy atom. The molecule has 2 N–H and O–H groups in total. The highest BCUT2D eigenvalue weighted by atomic mass is 19.4. The van der Waals surface area contributed by atoms with E-state index >= 15 is 0 Å². The van der Waals surface area contributed by atoms with E-state index < -0.39 is 17.6 Å². The van der Waals surface area contributed by atoms with E-state index in [9.17, 15) is 18.0 Å². The van der Waals surface area contributed by atoms with E-state index in [2.05, 4.69) is 5.32 Å². The van der Waals surface area contributed by atoms with Crippen molar-refractivity contribution in [2.75, 3.05) is 5.32 Å². The number of phenols is 1. The molecule has 0 unspecified atom stereocenters. The lowest BCUT2D eigenvalue weighted by molar-refractivity contribution is -0.137. The molecular weight excluding hydrogens is 271 g/mol. The van der Waals surface area contributed by atoms with Crippen LogP contribution in [0.3, 0.4) is 0 Å². The number of halogens is 3. The molecule has 20 heavy (non-hydrogen) atoms. The molecule has 1 amide bonds. The zero-order valence-electron chi connectivity index (χ0n) is 10.1. The summed E-state index contributed by atoms with van der Waals surface area (Å²) in [4.78, 5) is 11.8. The fourth-order valence-corrected chi connectivity index (χ4v) is 1.58. The molecule has 0 aliphatic heterocycles. The summed E-state index contributed by atoms with van der Waals surface area (Å²) < 4.78 is 37.6. The summed E-state index contributed by atoms with van der Waals surface area (Å²) in [5, 5.41) is 11.5. The Morgan fingerprint density at radius 3 is 2.30 bits per heavy atom. The molecule has 2 aromatic carbocycles. The maximum Gasteiger partial charge on any atom is 0.416 e. The number of carbonyl (C=O) groups is 1. The normalized spacial score (nSPS) is 11.2. The molecule has 0 saturated heterocycles. The fourth-order valence-electron chi connectivity index (χ4n) is 1.58. The van der Waals surface area contributed by atoms with Gasteiger partial charge in [0.05, 0.1) is 5.56 Å². The maximum absolute atomic E-state index is 12.5. The van der Waals surface area contributed by atoms with E-state index in [1.165, 1.54) is 36.4 Å². The SMILES string of the molecule is O=C(Nc1ccc(O)cc1)c1cccc(C(F)(F)F)c1. The number of nitrogens with one attached hydrogen (secondary N) is 1. The lowest BCUT2D eigenvalue weighted by atomic mass is 10.1. The van der Waals surface area contributed by atoms with Gasteiger partial charge in [0.25, 0.3) is 5.91 Å². The molecule has 2 rings (SSSR count). The number of benzene rings is 2. The van der Waals surface area contributed by atoms with E-state index in [1.54, 1.807) is 0 Å². The Morgan fingerprint density at radius 2 is 1.70 bits per heavy atom. The minimum absolute atomic E-state index is 0.0297. The quantitative estimate of drug-likeness (QED) is 0.825. The van der Waals surface area contributed by atoms with Gasteiger partial charge < -0.3 is 10.4 Å². The standard InChI is InChI=1S/C14H10F3NO2/c15-14(16,17)10-3-1-2-9(8-10)13(20)18-11-4-6-12(19)7-5-11/h1-8,19H,(H,18,20). The number of hydrogen-bond acceptors (Lipinski definition) is 2. The maximum atomic E-state index is 12.5. The zero-order valence-corrected chi connectivity index (χ0v) is 10.1. The third-order valence-corrected chi connectivity index (χ3v) is 2.58. The van der Waals surface area contributed by atoms with Gasteiger partial charge >= 0.3 is 6.18 Å². The number of phenolic OH excluding ortho intramolecular Hbond substituents is 1. The first kappa shape index (κ1) is 13.9. The molecule has 104 valence electrons. The number of hydrogen-bond donors (Lipinski definition) is 2. The molecule has 2 aromatic rings. The molecule has 0 aliphatic carbocycles. The monoisotopic (exact) mass is 281 g/mol. The second-order valence-electron chi connectivity index (χ2n) is 4.08. The van der Waals surface area contributed by atoms with E-state index in [0.29, 0.717) is 5.69 Å². The van der Waals surface area contributed by atoms with Gasteiger partial charge in [-0.05, 0) is 42.5 Å². The van der Waals surface area contributed by atoms with Crippen LogP contribution in [0.4, 0.5) is 18.9 Å². The van der Waals surface area contributed by atoms with Crippen LogP contribution in [0.1, 0.15) is 15.9 Å². The highest BCUT2D eigenvalue weighted by Gasteiger charge is 2.30. The molecule has 6 heteroatoms. The van der Waals surface area contributed by atoms with Crippen LogP contribution >= 0.6 is 0 Å². The second kappa shape index (κ2) is 5.24. The Bertz CT molecular complexity index is 621. The molecule has 0 aromatic heterocycles. The Kier molecular flexibility index (Phi) is 3.65. The van der Waals surface area contributed by atoms with Crippen molar-refractivity contribution in [2.24, 2.45) is 0 Å². The van der Waals surface area contributed by atoms with Crippen LogP contribution in [0.25, 0.3) is 0 Å². The fraction of sp³-hybridized carbons (Fsp3) is 0.0714. The van der Waals surface area contributed by atoms with Crippen molar-refractivity contribution in [3.63, 3.8) is 0 Å². The van der Waals surface area contributed by atoms with Crippen LogP contribution in [-0.2, 0) is 6.18 Å². The number of carbonyl (C=O) groups excluding carboxylic acids is 1. The minimum atomic E-state index is -4.49. The van der Waals surface area contributed by atoms with Crippen molar-refractivity contribution < 1.29 is 23.1 Å². The summed E-state index contributed by atoms with van der Waals surface area (Å²) >= 11 is 0. The number of aromatic hydroxyl groups is 1. The van der Waals surface area contributed by atoms with Crippen LogP contribution in [0.15, 0.2) is 48.5 Å². The molecule has 0 aliphatic rings. The molecule has 0 radical (unpaired) electrons. The van der Waals surface area contributed by atoms with E-state index in [1.807, 2.05) is 0 Å². The summed E-state index contributed by atoms with van der Waals surface area (Å²) in [6, 6.07) is 9.78. The molecule has 0 atom stereocenters. The molecule has 0 fully saturated rings. The van der Waals surface area contributed by atoms with Gasteiger partial charge in [-0.2, -0.15) is 13.2 Å². The van der Waals surface area contributed by atoms with Crippen LogP contribution in [0, 0.1) is 0 Å². The van der Waals surface area contributed by atoms with Crippen LogP contribution in [0.5, 0.6) is 5.75 Å². The Labute approximate surface area is 112 Å². The molecule has 0 saturated carbocycles. The molecule has 3 nitrogen and oxygen atoms in total. The molecule has 0 heterocycles. The van der Waals surface area contributed by atoms with Gasteiger partial charge in [-0.3, -0.25) is 4.79 Å². The molecule has 0 spiro atoms. The molecular formula is C14H10F3NO2. The van der Waals surface area contributed by atoms with Gasteiger partial charge in [0, 0.05) is 11.3 Å². The number of alkyl halides is 3. The van der Waals surface area contributed by atoms with Crippen molar-refractivity contribution in [1.29, 1.82) is 0 Å². The summed E-state index contributed by atoms with van der Waals surface area (Å²) in [5.74, 6) is -0.621. The Balaban J connectivity index is 2.19. The lowest BCUT2D eigenvalue weighted by Gasteiger charge is -2.09. The second-order valence-corrected chi connectivity index (χ2v) is 4.08. The first-order valence-electron chi connectivity index (χ1n) is 5.64. The van der Waals surface area contributed by atoms with Crippen molar-refractivity contribution in [3.05, 3.63) is 59.7 Å². The lowest BCUT2D eigenvalue weighted by Crippen LogP contribution is -2.13. The highest BCUT2D eigenvalue weighted by molar-refractivity contribution is 6.04. The van der Waals surface area contributed by atoms with Crippen LogP contribution < -0.4 is 5.32 Å². The summed E-state index contributed by atoms with van der Waals surface area (Å²) in [7, 11) is 0. The van der Waals surface area contributed by atoms with E-state index in [-0.39, 0.29) is 11.3 Å². The average molecular weight is 281 g/mol. The predicted molar refractivity (Wildman–Crippen MR) is 67.5 cm³/mol. The van der Waals surface area contributed by atoms with Gasteiger partial charge in [-0.1, -0.05) is 6.07 Å².